The fourth-order valence-corrected chi connectivity index (χ4v) is 3.25. The van der Waals surface area contributed by atoms with Crippen LogP contribution >= 0.6 is 0 Å². The Bertz CT molecular complexity index is 547. The summed E-state index contributed by atoms with van der Waals surface area (Å²) in [6.07, 6.45) is 14.2. The second kappa shape index (κ2) is 13.4. The highest BCUT2D eigenvalue weighted by Gasteiger charge is 2.05. The minimum Gasteiger partial charge on any atom is -0.291 e. The van der Waals surface area contributed by atoms with E-state index in [-0.39, 0.29) is 0 Å². The van der Waals surface area contributed by atoms with Gasteiger partial charge in [0.2, 0.25) is 0 Å². The van der Waals surface area contributed by atoms with Crippen LogP contribution in [0.3, 0.4) is 0 Å². The van der Waals surface area contributed by atoms with Crippen LogP contribution in [0.5, 0.6) is 0 Å². The van der Waals surface area contributed by atoms with Crippen LogP contribution in [0.15, 0.2) is 72.8 Å². The lowest BCUT2D eigenvalue weighted by Gasteiger charge is -2.21. The second-order valence-electron chi connectivity index (χ2n) is 7.17. The number of rotatable bonds is 13. The third-order valence-electron chi connectivity index (χ3n) is 4.75. The molecule has 0 aliphatic rings. The first kappa shape index (κ1) is 20.5. The van der Waals surface area contributed by atoms with E-state index in [2.05, 4.69) is 84.6 Å². The van der Waals surface area contributed by atoms with Gasteiger partial charge in [-0.3, -0.25) is 4.90 Å². The summed E-state index contributed by atoms with van der Waals surface area (Å²) < 4.78 is 0. The van der Waals surface area contributed by atoms with Crippen LogP contribution in [-0.2, 0) is 13.1 Å². The van der Waals surface area contributed by atoms with Crippen LogP contribution < -0.4 is 0 Å². The Labute approximate surface area is 160 Å². The van der Waals surface area contributed by atoms with Crippen molar-refractivity contribution < 1.29 is 0 Å². The number of allylic oxidation sites excluding steroid dienone is 1. The van der Waals surface area contributed by atoms with Gasteiger partial charge in [-0.15, -0.1) is 0 Å². The molecule has 0 fully saturated rings. The number of hydrogen-bond acceptors (Lipinski definition) is 1. The molecule has 0 saturated carbocycles. The second-order valence-corrected chi connectivity index (χ2v) is 7.17. The maximum absolute atomic E-state index is 2.52. The van der Waals surface area contributed by atoms with E-state index in [9.17, 15) is 0 Å². The molecule has 0 aliphatic heterocycles. The fraction of sp³-hybridized carbons (Fsp3) is 0.440. The summed E-state index contributed by atoms with van der Waals surface area (Å²) in [6.45, 7) is 5.28. The topological polar surface area (TPSA) is 3.24 Å². The zero-order chi connectivity index (χ0) is 18.3. The van der Waals surface area contributed by atoms with Crippen LogP contribution in [0.4, 0.5) is 0 Å². The zero-order valence-electron chi connectivity index (χ0n) is 16.4. The molecule has 0 unspecified atom stereocenters. The molecule has 0 aromatic heterocycles. The van der Waals surface area contributed by atoms with Crippen molar-refractivity contribution in [2.24, 2.45) is 0 Å². The number of unbranched alkanes of at least 4 members (excludes halogenated alkanes) is 6. The average molecular weight is 350 g/mol. The maximum atomic E-state index is 2.52. The largest absolute Gasteiger partial charge is 0.291 e. The van der Waals surface area contributed by atoms with E-state index in [1.165, 1.54) is 56.1 Å². The van der Waals surface area contributed by atoms with Crippen LogP contribution in [-0.4, -0.2) is 11.4 Å². The summed E-state index contributed by atoms with van der Waals surface area (Å²) in [5.41, 5.74) is 2.76. The molecule has 0 radical (unpaired) electrons. The Morgan fingerprint density at radius 1 is 0.654 bits per heavy atom. The van der Waals surface area contributed by atoms with Crippen molar-refractivity contribution in [2.45, 2.75) is 65.0 Å². The molecule has 1 heteroatoms. The summed E-state index contributed by atoms with van der Waals surface area (Å²) in [6, 6.07) is 21.6. The molecule has 2 rings (SSSR count). The SMILES string of the molecule is CCCCCCCC/C=C/CN(Cc1ccccc1)Cc1ccccc1. The lowest BCUT2D eigenvalue weighted by atomic mass is 10.1. The van der Waals surface area contributed by atoms with E-state index in [1.54, 1.807) is 0 Å². The van der Waals surface area contributed by atoms with Gasteiger partial charge >= 0.3 is 0 Å². The minimum atomic E-state index is 0.997. The third-order valence-corrected chi connectivity index (χ3v) is 4.75. The predicted octanol–water partition coefficient (Wildman–Crippen LogP) is 7.00. The lowest BCUT2D eigenvalue weighted by Crippen LogP contribution is -2.22. The van der Waals surface area contributed by atoms with Gasteiger partial charge in [0.25, 0.3) is 0 Å². The van der Waals surface area contributed by atoms with Crippen molar-refractivity contribution in [1.29, 1.82) is 0 Å². The first-order valence-corrected chi connectivity index (χ1v) is 10.3. The monoisotopic (exact) mass is 349 g/mol. The standard InChI is InChI=1S/C25H35N/c1-2-3-4-5-6-7-8-9-16-21-26(22-24-17-12-10-13-18-24)23-25-19-14-11-15-20-25/h9-20H,2-8,21-23H2,1H3/b16-9+. The van der Waals surface area contributed by atoms with Crippen molar-refractivity contribution in [1.82, 2.24) is 4.90 Å². The van der Waals surface area contributed by atoms with Gasteiger partial charge in [0.1, 0.15) is 0 Å². The molecule has 2 aromatic carbocycles. The normalized spacial score (nSPS) is 11.5. The first-order chi connectivity index (χ1) is 12.9. The molecule has 0 aliphatic carbocycles. The quantitative estimate of drug-likeness (QED) is 0.278. The smallest absolute Gasteiger partial charge is 0.0240 e. The van der Waals surface area contributed by atoms with E-state index < -0.39 is 0 Å². The number of nitrogens with zero attached hydrogens (tertiary/aromatic N) is 1. The molecule has 2 aromatic rings. The predicted molar refractivity (Wildman–Crippen MR) is 114 cm³/mol. The van der Waals surface area contributed by atoms with Crippen molar-refractivity contribution in [3.63, 3.8) is 0 Å². The van der Waals surface area contributed by atoms with E-state index in [0.717, 1.165) is 19.6 Å². The van der Waals surface area contributed by atoms with Gasteiger partial charge in [0, 0.05) is 19.6 Å². The Morgan fingerprint density at radius 2 is 1.19 bits per heavy atom. The highest BCUT2D eigenvalue weighted by Crippen LogP contribution is 2.11. The molecule has 0 amide bonds. The molecule has 0 bridgehead atoms. The summed E-state index contributed by atoms with van der Waals surface area (Å²) in [5, 5.41) is 0. The molecule has 0 spiro atoms. The van der Waals surface area contributed by atoms with Crippen LogP contribution in [0.25, 0.3) is 0 Å². The molecule has 26 heavy (non-hydrogen) atoms. The molecule has 1 nitrogen and oxygen atoms in total. The van der Waals surface area contributed by atoms with Gasteiger partial charge in [-0.1, -0.05) is 112 Å². The van der Waals surface area contributed by atoms with Crippen molar-refractivity contribution in [3.8, 4) is 0 Å². The summed E-state index contributed by atoms with van der Waals surface area (Å²) in [5.74, 6) is 0. The zero-order valence-corrected chi connectivity index (χ0v) is 16.4. The molecule has 0 N–H and O–H groups in total. The maximum Gasteiger partial charge on any atom is 0.0240 e. The molecule has 0 saturated heterocycles. The van der Waals surface area contributed by atoms with Gasteiger partial charge < -0.3 is 0 Å². The van der Waals surface area contributed by atoms with Gasteiger partial charge in [-0.05, 0) is 24.0 Å². The summed E-state index contributed by atoms with van der Waals surface area (Å²) in [4.78, 5) is 2.52. The summed E-state index contributed by atoms with van der Waals surface area (Å²) >= 11 is 0. The van der Waals surface area contributed by atoms with Crippen LogP contribution in [0, 0.1) is 0 Å². The Morgan fingerprint density at radius 3 is 1.77 bits per heavy atom. The lowest BCUT2D eigenvalue weighted by molar-refractivity contribution is 0.285. The van der Waals surface area contributed by atoms with E-state index in [0.29, 0.717) is 0 Å². The number of hydrogen-bond donors (Lipinski definition) is 0. The van der Waals surface area contributed by atoms with Gasteiger partial charge in [0.15, 0.2) is 0 Å². The molecule has 140 valence electrons. The van der Waals surface area contributed by atoms with Crippen molar-refractivity contribution in [3.05, 3.63) is 83.9 Å². The molecule has 0 heterocycles. The van der Waals surface area contributed by atoms with Crippen LogP contribution in [0.1, 0.15) is 63.0 Å². The van der Waals surface area contributed by atoms with Crippen LogP contribution in [0.2, 0.25) is 0 Å². The van der Waals surface area contributed by atoms with E-state index in [4.69, 9.17) is 0 Å². The Hall–Kier alpha value is -1.86. The third kappa shape index (κ3) is 9.01. The number of benzene rings is 2. The van der Waals surface area contributed by atoms with Gasteiger partial charge in [-0.25, -0.2) is 0 Å². The molecule has 0 atom stereocenters. The van der Waals surface area contributed by atoms with E-state index >= 15 is 0 Å². The molecular formula is C25H35N. The summed E-state index contributed by atoms with van der Waals surface area (Å²) in [7, 11) is 0. The van der Waals surface area contributed by atoms with Gasteiger partial charge in [0.05, 0.1) is 0 Å². The minimum absolute atomic E-state index is 0.997. The average Bonchev–Trinajstić information content (AvgIpc) is 2.68. The fourth-order valence-electron chi connectivity index (χ4n) is 3.25. The van der Waals surface area contributed by atoms with Gasteiger partial charge in [-0.2, -0.15) is 0 Å². The Balaban J connectivity index is 1.77. The van der Waals surface area contributed by atoms with Crippen molar-refractivity contribution in [2.75, 3.05) is 6.54 Å². The highest BCUT2D eigenvalue weighted by atomic mass is 15.1. The molecular weight excluding hydrogens is 314 g/mol. The van der Waals surface area contributed by atoms with E-state index in [1.807, 2.05) is 0 Å². The highest BCUT2D eigenvalue weighted by molar-refractivity contribution is 5.17. The van der Waals surface area contributed by atoms with Crippen molar-refractivity contribution >= 4 is 0 Å². The Kier molecular flexibility index (Phi) is 10.5. The first-order valence-electron chi connectivity index (χ1n) is 10.3.